The number of halogens is 1. The highest BCUT2D eigenvalue weighted by Gasteiger charge is 2.32. The maximum atomic E-state index is 14.5. The lowest BCUT2D eigenvalue weighted by Crippen LogP contribution is -2.58. The maximum absolute atomic E-state index is 14.5. The Balaban J connectivity index is 1.45. The van der Waals surface area contributed by atoms with Crippen molar-refractivity contribution in [3.63, 3.8) is 0 Å². The smallest absolute Gasteiger partial charge is 0.407 e. The van der Waals surface area contributed by atoms with Gasteiger partial charge in [0.15, 0.2) is 17.3 Å². The third-order valence-electron chi connectivity index (χ3n) is 6.04. The normalized spacial score (nSPS) is 18.9. The van der Waals surface area contributed by atoms with E-state index in [1.54, 1.807) is 18.6 Å². The molecule has 2 atom stereocenters. The van der Waals surface area contributed by atoms with Gasteiger partial charge in [0.2, 0.25) is 0 Å². The number of rotatable bonds is 3. The second-order valence-corrected chi connectivity index (χ2v) is 8.43. The summed E-state index contributed by atoms with van der Waals surface area (Å²) in [6.45, 7) is 4.75. The zero-order valence-corrected chi connectivity index (χ0v) is 18.2. The van der Waals surface area contributed by atoms with Crippen LogP contribution in [0.1, 0.15) is 19.5 Å². The molecule has 3 aromatic heterocycles. The van der Waals surface area contributed by atoms with Crippen molar-refractivity contribution >= 4 is 28.3 Å². The van der Waals surface area contributed by atoms with Crippen molar-refractivity contribution in [2.45, 2.75) is 32.5 Å². The van der Waals surface area contributed by atoms with Crippen LogP contribution in [0.25, 0.3) is 27.9 Å². The van der Waals surface area contributed by atoms with Crippen LogP contribution in [-0.2, 0) is 6.61 Å². The van der Waals surface area contributed by atoms with E-state index < -0.39 is 11.9 Å². The number of anilines is 1. The van der Waals surface area contributed by atoms with E-state index in [0.29, 0.717) is 30.2 Å². The molecule has 0 spiro atoms. The molecule has 0 aliphatic carbocycles. The number of aliphatic hydroxyl groups excluding tert-OH is 1. The van der Waals surface area contributed by atoms with Crippen molar-refractivity contribution in [1.82, 2.24) is 24.3 Å². The molecule has 4 heterocycles. The molecule has 1 saturated heterocycles. The topological polar surface area (TPSA) is 107 Å². The third-order valence-corrected chi connectivity index (χ3v) is 6.04. The molecule has 33 heavy (non-hydrogen) atoms. The molecular weight excluding hydrogens is 427 g/mol. The van der Waals surface area contributed by atoms with Gasteiger partial charge in [0.1, 0.15) is 0 Å². The fourth-order valence-corrected chi connectivity index (χ4v) is 4.57. The summed E-state index contributed by atoms with van der Waals surface area (Å²) in [7, 11) is 0. The maximum Gasteiger partial charge on any atom is 0.407 e. The summed E-state index contributed by atoms with van der Waals surface area (Å²) in [6.07, 6.45) is 4.06. The molecule has 1 aromatic carbocycles. The number of fused-ring (bicyclic) bond motifs is 2. The van der Waals surface area contributed by atoms with E-state index in [-0.39, 0.29) is 24.3 Å². The quantitative estimate of drug-likeness (QED) is 0.494. The highest BCUT2D eigenvalue weighted by atomic mass is 19.1. The first-order valence-corrected chi connectivity index (χ1v) is 10.7. The van der Waals surface area contributed by atoms with Crippen molar-refractivity contribution in [3.05, 3.63) is 54.4 Å². The number of aliphatic hydroxyl groups is 1. The highest BCUT2D eigenvalue weighted by molar-refractivity contribution is 5.83. The fraction of sp³-hybridized carbons (Fsp3) is 0.304. The fourth-order valence-electron chi connectivity index (χ4n) is 4.57. The van der Waals surface area contributed by atoms with E-state index in [1.165, 1.54) is 15.4 Å². The summed E-state index contributed by atoms with van der Waals surface area (Å²) in [5.74, 6) is -0.136. The van der Waals surface area contributed by atoms with E-state index in [4.69, 9.17) is 0 Å². The minimum absolute atomic E-state index is 0.125. The van der Waals surface area contributed by atoms with Gasteiger partial charge in [-0.3, -0.25) is 4.90 Å². The van der Waals surface area contributed by atoms with E-state index in [2.05, 4.69) is 19.9 Å². The number of nitrogens with zero attached hydrogens (tertiary/aromatic N) is 6. The van der Waals surface area contributed by atoms with Gasteiger partial charge in [-0.1, -0.05) is 0 Å². The van der Waals surface area contributed by atoms with Gasteiger partial charge in [0.25, 0.3) is 0 Å². The summed E-state index contributed by atoms with van der Waals surface area (Å²) in [5.41, 5.74) is 2.71. The molecule has 10 heteroatoms. The average molecular weight is 450 g/mol. The molecule has 170 valence electrons. The largest absolute Gasteiger partial charge is 0.465 e. The number of hydrogen-bond acceptors (Lipinski definition) is 6. The lowest BCUT2D eigenvalue weighted by Gasteiger charge is -2.43. The van der Waals surface area contributed by atoms with Crippen LogP contribution < -0.4 is 4.90 Å². The molecule has 1 aliphatic heterocycles. The lowest BCUT2D eigenvalue weighted by molar-refractivity contribution is 0.0983. The predicted octanol–water partition coefficient (Wildman–Crippen LogP) is 3.15. The van der Waals surface area contributed by atoms with Crippen molar-refractivity contribution in [2.75, 3.05) is 18.0 Å². The van der Waals surface area contributed by atoms with E-state index in [9.17, 15) is 19.4 Å². The Morgan fingerprint density at radius 3 is 2.61 bits per heavy atom. The van der Waals surface area contributed by atoms with Crippen LogP contribution in [0.15, 0.2) is 42.9 Å². The van der Waals surface area contributed by atoms with E-state index >= 15 is 0 Å². The Bertz CT molecular complexity index is 1360. The van der Waals surface area contributed by atoms with Crippen molar-refractivity contribution < 1.29 is 19.4 Å². The Morgan fingerprint density at radius 2 is 1.91 bits per heavy atom. The number of benzene rings is 1. The zero-order chi connectivity index (χ0) is 23.3. The standard InChI is InChI=1S/C23H23FN6O3/c1-13-8-28(9-14(2)30(13)23(32)33)18-3-4-20-15(5-18)7-25-21(27-20)16-6-19(24)22-26-17(12-31)11-29(22)10-16/h3-7,10-11,13-14,31H,8-9,12H2,1-2H3,(H,32,33)/t13-,14+. The monoisotopic (exact) mass is 450 g/mol. The molecule has 2 N–H and O–H groups in total. The van der Waals surface area contributed by atoms with Crippen LogP contribution in [0.2, 0.25) is 0 Å². The molecule has 4 aromatic rings. The Morgan fingerprint density at radius 1 is 1.15 bits per heavy atom. The Labute approximate surface area is 188 Å². The second-order valence-electron chi connectivity index (χ2n) is 8.43. The molecule has 9 nitrogen and oxygen atoms in total. The third kappa shape index (κ3) is 3.72. The van der Waals surface area contributed by atoms with Gasteiger partial charge in [-0.25, -0.2) is 24.1 Å². The number of carbonyl (C=O) groups is 1. The molecule has 0 radical (unpaired) electrons. The summed E-state index contributed by atoms with van der Waals surface area (Å²) < 4.78 is 16.0. The number of piperazine rings is 1. The molecule has 1 aliphatic rings. The van der Waals surface area contributed by atoms with Crippen molar-refractivity contribution in [3.8, 4) is 11.4 Å². The number of hydrogen-bond donors (Lipinski definition) is 2. The number of aromatic nitrogens is 4. The lowest BCUT2D eigenvalue weighted by atomic mass is 10.1. The first kappa shape index (κ1) is 21.1. The summed E-state index contributed by atoms with van der Waals surface area (Å²) >= 11 is 0. The number of imidazole rings is 1. The van der Waals surface area contributed by atoms with Crippen LogP contribution in [0.5, 0.6) is 0 Å². The molecule has 5 rings (SSSR count). The van der Waals surface area contributed by atoms with Gasteiger partial charge in [0, 0.05) is 48.3 Å². The van der Waals surface area contributed by atoms with Gasteiger partial charge >= 0.3 is 6.09 Å². The minimum atomic E-state index is -0.896. The SMILES string of the molecule is C[C@@H]1CN(c2ccc3nc(-c4cc(F)c5nc(CO)cn5c4)ncc3c2)C[C@H](C)N1C(=O)O. The second kappa shape index (κ2) is 7.96. The van der Waals surface area contributed by atoms with Crippen LogP contribution in [0.4, 0.5) is 14.9 Å². The first-order chi connectivity index (χ1) is 15.8. The molecule has 1 fully saturated rings. The van der Waals surface area contributed by atoms with Gasteiger partial charge in [-0.05, 0) is 38.1 Å². The first-order valence-electron chi connectivity index (χ1n) is 10.7. The summed E-state index contributed by atoms with van der Waals surface area (Å²) in [5, 5.41) is 19.5. The molecule has 0 bridgehead atoms. The van der Waals surface area contributed by atoms with Gasteiger partial charge in [0.05, 0.1) is 29.9 Å². The van der Waals surface area contributed by atoms with Crippen LogP contribution in [0.3, 0.4) is 0 Å². The molecule has 0 saturated carbocycles. The number of carboxylic acid groups (broad SMARTS) is 1. The minimum Gasteiger partial charge on any atom is -0.465 e. The van der Waals surface area contributed by atoms with Crippen LogP contribution in [-0.4, -0.2) is 65.7 Å². The van der Waals surface area contributed by atoms with E-state index in [0.717, 1.165) is 16.6 Å². The molecular formula is C23H23FN6O3. The molecule has 0 unspecified atom stereocenters. The molecule has 1 amide bonds. The van der Waals surface area contributed by atoms with Crippen molar-refractivity contribution in [2.24, 2.45) is 0 Å². The van der Waals surface area contributed by atoms with Crippen LogP contribution >= 0.6 is 0 Å². The number of pyridine rings is 1. The van der Waals surface area contributed by atoms with Crippen LogP contribution in [0, 0.1) is 5.82 Å². The Hall–Kier alpha value is -3.79. The van der Waals surface area contributed by atoms with Gasteiger partial charge in [-0.15, -0.1) is 0 Å². The summed E-state index contributed by atoms with van der Waals surface area (Å²) in [4.78, 5) is 28.3. The van der Waals surface area contributed by atoms with Gasteiger partial charge < -0.3 is 19.5 Å². The average Bonchev–Trinajstić information content (AvgIpc) is 3.21. The predicted molar refractivity (Wildman–Crippen MR) is 121 cm³/mol. The summed E-state index contributed by atoms with van der Waals surface area (Å²) in [6, 6.07) is 6.93. The van der Waals surface area contributed by atoms with Crippen molar-refractivity contribution in [1.29, 1.82) is 0 Å². The number of amides is 1. The van der Waals surface area contributed by atoms with Gasteiger partial charge in [-0.2, -0.15) is 0 Å². The highest BCUT2D eigenvalue weighted by Crippen LogP contribution is 2.27. The zero-order valence-electron chi connectivity index (χ0n) is 18.2. The van der Waals surface area contributed by atoms with E-state index in [1.807, 2.05) is 32.0 Å². The Kier molecular flexibility index (Phi) is 5.09.